The highest BCUT2D eigenvalue weighted by molar-refractivity contribution is 5.47. The molecule has 1 aromatic rings. The third-order valence-electron chi connectivity index (χ3n) is 2.45. The maximum atomic E-state index is 5.30. The van der Waals surface area contributed by atoms with Gasteiger partial charge in [0.25, 0.3) is 0 Å². The normalized spacial score (nSPS) is 10.4. The Morgan fingerprint density at radius 1 is 1.07 bits per heavy atom. The molecule has 0 aliphatic rings. The van der Waals surface area contributed by atoms with Crippen LogP contribution < -0.4 is 9.47 Å². The zero-order valence-electron chi connectivity index (χ0n) is 9.55. The highest BCUT2D eigenvalue weighted by atomic mass is 16.5. The molecule has 2 nitrogen and oxygen atoms in total. The zero-order valence-corrected chi connectivity index (χ0v) is 9.55. The van der Waals surface area contributed by atoms with Gasteiger partial charge in [0.2, 0.25) is 0 Å². The van der Waals surface area contributed by atoms with E-state index in [1.807, 2.05) is 6.07 Å². The highest BCUT2D eigenvalue weighted by Crippen LogP contribution is 2.31. The molecule has 0 amide bonds. The van der Waals surface area contributed by atoms with E-state index in [0.29, 0.717) is 5.92 Å². The molecule has 1 aromatic carbocycles. The highest BCUT2D eigenvalue weighted by Gasteiger charge is 2.10. The first kappa shape index (κ1) is 10.9. The van der Waals surface area contributed by atoms with Gasteiger partial charge >= 0.3 is 0 Å². The van der Waals surface area contributed by atoms with E-state index in [9.17, 15) is 0 Å². The lowest BCUT2D eigenvalue weighted by atomic mass is 9.97. The molecule has 78 valence electrons. The second-order valence-electron chi connectivity index (χ2n) is 3.70. The smallest absolute Gasteiger partial charge is 0.125 e. The fraction of sp³-hybridized carbons (Fsp3) is 0.500. The van der Waals surface area contributed by atoms with Gasteiger partial charge in [-0.15, -0.1) is 0 Å². The van der Waals surface area contributed by atoms with E-state index in [4.69, 9.17) is 9.47 Å². The van der Waals surface area contributed by atoms with Crippen molar-refractivity contribution in [2.75, 3.05) is 14.2 Å². The number of benzene rings is 1. The summed E-state index contributed by atoms with van der Waals surface area (Å²) in [6.45, 7) is 6.41. The molecular weight excluding hydrogens is 176 g/mol. The molecule has 0 atom stereocenters. The number of methoxy groups -OCH3 is 2. The predicted octanol–water partition coefficient (Wildman–Crippen LogP) is 3.14. The average Bonchev–Trinajstić information content (AvgIpc) is 2.17. The molecule has 0 saturated heterocycles. The summed E-state index contributed by atoms with van der Waals surface area (Å²) in [6, 6.07) is 3.99. The molecule has 0 spiro atoms. The van der Waals surface area contributed by atoms with E-state index < -0.39 is 0 Å². The maximum Gasteiger partial charge on any atom is 0.125 e. The average molecular weight is 194 g/mol. The van der Waals surface area contributed by atoms with E-state index in [1.165, 1.54) is 11.1 Å². The number of rotatable bonds is 3. The van der Waals surface area contributed by atoms with Crippen molar-refractivity contribution in [3.8, 4) is 11.5 Å². The second kappa shape index (κ2) is 4.36. The van der Waals surface area contributed by atoms with Crippen LogP contribution in [0.5, 0.6) is 11.5 Å². The van der Waals surface area contributed by atoms with Crippen LogP contribution in [0.15, 0.2) is 12.1 Å². The summed E-state index contributed by atoms with van der Waals surface area (Å²) in [4.78, 5) is 0. The van der Waals surface area contributed by atoms with E-state index in [2.05, 4.69) is 26.8 Å². The van der Waals surface area contributed by atoms with Gasteiger partial charge < -0.3 is 9.47 Å². The van der Waals surface area contributed by atoms with Gasteiger partial charge in [0.1, 0.15) is 11.5 Å². The first-order valence-electron chi connectivity index (χ1n) is 4.82. The summed E-state index contributed by atoms with van der Waals surface area (Å²) < 4.78 is 10.5. The van der Waals surface area contributed by atoms with Crippen LogP contribution >= 0.6 is 0 Å². The van der Waals surface area contributed by atoms with Crippen LogP contribution in [0.1, 0.15) is 30.9 Å². The monoisotopic (exact) mass is 194 g/mol. The van der Waals surface area contributed by atoms with Crippen molar-refractivity contribution in [3.63, 3.8) is 0 Å². The molecule has 0 radical (unpaired) electrons. The molecule has 1 rings (SSSR count). The minimum absolute atomic E-state index is 0.485. The summed E-state index contributed by atoms with van der Waals surface area (Å²) in [7, 11) is 3.36. The molecule has 0 heterocycles. The molecular formula is C12H18O2. The lowest BCUT2D eigenvalue weighted by Gasteiger charge is -2.15. The van der Waals surface area contributed by atoms with E-state index in [-0.39, 0.29) is 0 Å². The quantitative estimate of drug-likeness (QED) is 0.736. The molecule has 0 saturated carbocycles. The first-order chi connectivity index (χ1) is 6.60. The van der Waals surface area contributed by atoms with Crippen LogP contribution in [-0.4, -0.2) is 14.2 Å². The number of hydrogen-bond donors (Lipinski definition) is 0. The summed E-state index contributed by atoms with van der Waals surface area (Å²) >= 11 is 0. The Kier molecular flexibility index (Phi) is 3.39. The van der Waals surface area contributed by atoms with Crippen LogP contribution in [-0.2, 0) is 0 Å². The van der Waals surface area contributed by atoms with Gasteiger partial charge in [-0.1, -0.05) is 13.8 Å². The van der Waals surface area contributed by atoms with Crippen molar-refractivity contribution in [2.24, 2.45) is 0 Å². The minimum atomic E-state index is 0.485. The van der Waals surface area contributed by atoms with Crippen molar-refractivity contribution in [3.05, 3.63) is 23.3 Å². The molecule has 0 aromatic heterocycles. The molecule has 0 aliphatic carbocycles. The molecule has 0 bridgehead atoms. The molecule has 0 fully saturated rings. The minimum Gasteiger partial charge on any atom is -0.497 e. The van der Waals surface area contributed by atoms with Gasteiger partial charge in [0.05, 0.1) is 14.2 Å². The fourth-order valence-electron chi connectivity index (χ4n) is 1.61. The standard InChI is InChI=1S/C12H18O2/c1-8(2)11-6-10(13-4)7-12(14-5)9(11)3/h6-8H,1-5H3. The Labute approximate surface area is 85.8 Å². The van der Waals surface area contributed by atoms with Crippen molar-refractivity contribution in [1.29, 1.82) is 0 Å². The number of ether oxygens (including phenoxy) is 2. The van der Waals surface area contributed by atoms with Crippen LogP contribution in [0.25, 0.3) is 0 Å². The van der Waals surface area contributed by atoms with Crippen LogP contribution in [0.4, 0.5) is 0 Å². The van der Waals surface area contributed by atoms with Crippen LogP contribution in [0.3, 0.4) is 0 Å². The summed E-state index contributed by atoms with van der Waals surface area (Å²) in [5.41, 5.74) is 2.48. The van der Waals surface area contributed by atoms with Crippen molar-refractivity contribution in [2.45, 2.75) is 26.7 Å². The van der Waals surface area contributed by atoms with Crippen molar-refractivity contribution in [1.82, 2.24) is 0 Å². The second-order valence-corrected chi connectivity index (χ2v) is 3.70. The third-order valence-corrected chi connectivity index (χ3v) is 2.45. The fourth-order valence-corrected chi connectivity index (χ4v) is 1.61. The van der Waals surface area contributed by atoms with E-state index in [0.717, 1.165) is 11.5 Å². The summed E-state index contributed by atoms with van der Waals surface area (Å²) in [6.07, 6.45) is 0. The van der Waals surface area contributed by atoms with Gasteiger partial charge in [-0.05, 0) is 30.0 Å². The van der Waals surface area contributed by atoms with Crippen molar-refractivity contribution >= 4 is 0 Å². The van der Waals surface area contributed by atoms with E-state index >= 15 is 0 Å². The van der Waals surface area contributed by atoms with Gasteiger partial charge in [0, 0.05) is 6.07 Å². The molecule has 0 aliphatic heterocycles. The van der Waals surface area contributed by atoms with Crippen LogP contribution in [0, 0.1) is 6.92 Å². The number of hydrogen-bond acceptors (Lipinski definition) is 2. The van der Waals surface area contributed by atoms with E-state index in [1.54, 1.807) is 14.2 Å². The van der Waals surface area contributed by atoms with Gasteiger partial charge in [-0.3, -0.25) is 0 Å². The van der Waals surface area contributed by atoms with Gasteiger partial charge in [-0.2, -0.15) is 0 Å². The Hall–Kier alpha value is -1.18. The Bertz CT molecular complexity index is 316. The van der Waals surface area contributed by atoms with Gasteiger partial charge in [-0.25, -0.2) is 0 Å². The Morgan fingerprint density at radius 3 is 2.14 bits per heavy atom. The van der Waals surface area contributed by atoms with Gasteiger partial charge in [0.15, 0.2) is 0 Å². The predicted molar refractivity (Wildman–Crippen MR) is 58.4 cm³/mol. The molecule has 14 heavy (non-hydrogen) atoms. The Morgan fingerprint density at radius 2 is 1.71 bits per heavy atom. The molecule has 0 N–H and O–H groups in total. The topological polar surface area (TPSA) is 18.5 Å². The summed E-state index contributed by atoms with van der Waals surface area (Å²) in [5, 5.41) is 0. The lowest BCUT2D eigenvalue weighted by molar-refractivity contribution is 0.391. The first-order valence-corrected chi connectivity index (χ1v) is 4.82. The zero-order chi connectivity index (χ0) is 10.7. The SMILES string of the molecule is COc1cc(OC)c(C)c(C(C)C)c1. The largest absolute Gasteiger partial charge is 0.497 e. The third kappa shape index (κ3) is 2.00. The Balaban J connectivity index is 3.27. The molecule has 0 unspecified atom stereocenters. The van der Waals surface area contributed by atoms with Crippen LogP contribution in [0.2, 0.25) is 0 Å². The van der Waals surface area contributed by atoms with Crippen molar-refractivity contribution < 1.29 is 9.47 Å². The lowest BCUT2D eigenvalue weighted by Crippen LogP contribution is -1.97. The summed E-state index contributed by atoms with van der Waals surface area (Å²) in [5.74, 6) is 2.24. The maximum absolute atomic E-state index is 5.30. The molecule has 2 heteroatoms.